The summed E-state index contributed by atoms with van der Waals surface area (Å²) in [5, 5.41) is 21.9. The molecule has 4 N–H and O–H groups in total. The maximum Gasteiger partial charge on any atom is 0.490 e. The second-order valence-electron chi connectivity index (χ2n) is 8.04. The maximum atomic E-state index is 12.5. The van der Waals surface area contributed by atoms with Gasteiger partial charge in [-0.25, -0.2) is 4.79 Å². The van der Waals surface area contributed by atoms with Gasteiger partial charge in [0.25, 0.3) is 0 Å². The predicted octanol–water partition coefficient (Wildman–Crippen LogP) is 1.23. The topological polar surface area (TPSA) is 136 Å². The molecule has 2 fully saturated rings. The smallest absolute Gasteiger partial charge is 0.481 e. The molecule has 2 saturated heterocycles. The van der Waals surface area contributed by atoms with Crippen LogP contribution in [0, 0.1) is 24.2 Å². The van der Waals surface area contributed by atoms with Crippen molar-refractivity contribution in [2.24, 2.45) is 11.8 Å². The molecule has 9 nitrogen and oxygen atoms in total. The molecule has 33 heavy (non-hydrogen) atoms. The number of nitrogens with zero attached hydrogens (tertiary/aromatic N) is 1. The largest absolute Gasteiger partial charge is 0.490 e. The summed E-state index contributed by atoms with van der Waals surface area (Å²) >= 11 is 0. The summed E-state index contributed by atoms with van der Waals surface area (Å²) in [5.41, 5.74) is 0. The van der Waals surface area contributed by atoms with Crippen molar-refractivity contribution in [2.45, 2.75) is 57.2 Å². The minimum Gasteiger partial charge on any atom is -0.481 e. The standard InChI is InChI=1S/C19H29N3O4.C2HF3O2/c1-2-16(12-18(24)25)21-19(26)15-4-3-11-22(13-15)17(23)6-5-14-7-9-20-10-8-14;3-2(4,5)1(6)7/h1,14-16,20H,3-13H2,(H,21,26)(H,24,25);(H,6,7)/t15-,16?;/m1./s1. The number of hydrogen-bond acceptors (Lipinski definition) is 5. The number of nitrogens with one attached hydrogen (secondary N) is 2. The van der Waals surface area contributed by atoms with Crippen molar-refractivity contribution in [3.8, 4) is 12.3 Å². The number of hydrogen-bond donors (Lipinski definition) is 4. The van der Waals surface area contributed by atoms with Gasteiger partial charge in [-0.05, 0) is 51.1 Å². The number of carbonyl (C=O) groups excluding carboxylic acids is 2. The van der Waals surface area contributed by atoms with E-state index in [2.05, 4.69) is 16.6 Å². The third kappa shape index (κ3) is 11.1. The quantitative estimate of drug-likeness (QED) is 0.405. The molecule has 2 heterocycles. The lowest BCUT2D eigenvalue weighted by atomic mass is 9.92. The van der Waals surface area contributed by atoms with Crippen molar-refractivity contribution in [3.63, 3.8) is 0 Å². The fourth-order valence-corrected chi connectivity index (χ4v) is 3.69. The van der Waals surface area contributed by atoms with Crippen LogP contribution >= 0.6 is 0 Å². The molecule has 2 aliphatic heterocycles. The van der Waals surface area contributed by atoms with E-state index >= 15 is 0 Å². The van der Waals surface area contributed by atoms with Gasteiger partial charge in [0.15, 0.2) is 0 Å². The van der Waals surface area contributed by atoms with Gasteiger partial charge >= 0.3 is 18.1 Å². The van der Waals surface area contributed by atoms with Crippen LogP contribution in [0.15, 0.2) is 0 Å². The lowest BCUT2D eigenvalue weighted by molar-refractivity contribution is -0.192. The molecule has 0 aromatic rings. The summed E-state index contributed by atoms with van der Waals surface area (Å²) in [6, 6.07) is -0.814. The molecule has 2 amide bonds. The number of carboxylic acids is 2. The number of rotatable bonds is 7. The fourth-order valence-electron chi connectivity index (χ4n) is 3.69. The Bertz CT molecular complexity index is 732. The van der Waals surface area contributed by atoms with Crippen LogP contribution in [-0.4, -0.2) is 77.3 Å². The van der Waals surface area contributed by atoms with Gasteiger partial charge < -0.3 is 25.7 Å². The average Bonchev–Trinajstić information content (AvgIpc) is 2.77. The Morgan fingerprint density at radius 3 is 2.27 bits per heavy atom. The highest BCUT2D eigenvalue weighted by Gasteiger charge is 2.38. The second-order valence-corrected chi connectivity index (χ2v) is 8.04. The Morgan fingerprint density at radius 1 is 1.15 bits per heavy atom. The fraction of sp³-hybridized carbons (Fsp3) is 0.714. The molecule has 0 aromatic carbocycles. The third-order valence-electron chi connectivity index (χ3n) is 5.51. The van der Waals surface area contributed by atoms with E-state index in [-0.39, 0.29) is 24.2 Å². The van der Waals surface area contributed by atoms with Gasteiger partial charge in [0.2, 0.25) is 11.8 Å². The zero-order chi connectivity index (χ0) is 25.0. The van der Waals surface area contributed by atoms with Gasteiger partial charge in [-0.15, -0.1) is 6.42 Å². The van der Waals surface area contributed by atoms with E-state index in [0.29, 0.717) is 31.8 Å². The lowest BCUT2D eigenvalue weighted by Gasteiger charge is -2.33. The van der Waals surface area contributed by atoms with Gasteiger partial charge in [0.05, 0.1) is 12.3 Å². The third-order valence-corrected chi connectivity index (χ3v) is 5.51. The van der Waals surface area contributed by atoms with Crippen LogP contribution in [0.5, 0.6) is 0 Å². The SMILES string of the molecule is C#CC(CC(=O)O)NC(=O)[C@@H]1CCCN(C(=O)CCC2CCNCC2)C1.O=C(O)C(F)(F)F. The van der Waals surface area contributed by atoms with Crippen LogP contribution in [0.25, 0.3) is 0 Å². The summed E-state index contributed by atoms with van der Waals surface area (Å²) in [4.78, 5) is 46.3. The summed E-state index contributed by atoms with van der Waals surface area (Å²) < 4.78 is 31.7. The van der Waals surface area contributed by atoms with Crippen molar-refractivity contribution >= 4 is 23.8 Å². The zero-order valence-corrected chi connectivity index (χ0v) is 18.2. The van der Waals surface area contributed by atoms with Crippen molar-refractivity contribution < 1.29 is 42.6 Å². The maximum absolute atomic E-state index is 12.5. The highest BCUT2D eigenvalue weighted by atomic mass is 19.4. The van der Waals surface area contributed by atoms with Gasteiger partial charge in [0, 0.05) is 19.5 Å². The molecule has 12 heteroatoms. The van der Waals surface area contributed by atoms with Crippen LogP contribution < -0.4 is 10.6 Å². The molecule has 0 saturated carbocycles. The Balaban J connectivity index is 0.000000675. The molecule has 0 spiro atoms. The minimum atomic E-state index is -5.08. The molecule has 0 aromatic heterocycles. The summed E-state index contributed by atoms with van der Waals surface area (Å²) in [6.07, 6.45) is 5.05. The number of alkyl halides is 3. The first-order chi connectivity index (χ1) is 15.4. The number of carboxylic acid groups (broad SMARTS) is 2. The molecular weight excluding hydrogens is 447 g/mol. The molecule has 1 unspecified atom stereocenters. The molecular formula is C21H30F3N3O6. The van der Waals surface area contributed by atoms with Gasteiger partial charge in [0.1, 0.15) is 6.04 Å². The number of carbonyl (C=O) groups is 4. The molecule has 0 bridgehead atoms. The molecule has 2 rings (SSSR count). The number of aliphatic carboxylic acids is 2. The number of piperidine rings is 2. The van der Waals surface area contributed by atoms with E-state index < -0.39 is 24.2 Å². The highest BCUT2D eigenvalue weighted by Crippen LogP contribution is 2.21. The monoisotopic (exact) mass is 477 g/mol. The van der Waals surface area contributed by atoms with Crippen LogP contribution in [0.1, 0.15) is 44.9 Å². The molecule has 186 valence electrons. The first kappa shape index (κ1) is 28.2. The molecule has 2 atom stereocenters. The zero-order valence-electron chi connectivity index (χ0n) is 18.2. The number of terminal acetylenes is 1. The number of amides is 2. The summed E-state index contributed by atoms with van der Waals surface area (Å²) in [5.74, 6) is -1.37. The predicted molar refractivity (Wildman–Crippen MR) is 111 cm³/mol. The molecule has 0 aliphatic carbocycles. The van der Waals surface area contributed by atoms with Gasteiger partial charge in [-0.1, -0.05) is 5.92 Å². The molecule has 0 radical (unpaired) electrons. The Kier molecular flexibility index (Phi) is 11.7. The number of likely N-dealkylation sites (tertiary alicyclic amines) is 1. The van der Waals surface area contributed by atoms with Crippen LogP contribution in [-0.2, 0) is 19.2 Å². The highest BCUT2D eigenvalue weighted by molar-refractivity contribution is 5.82. The van der Waals surface area contributed by atoms with Crippen molar-refractivity contribution in [3.05, 3.63) is 0 Å². The summed E-state index contributed by atoms with van der Waals surface area (Å²) in [6.45, 7) is 3.12. The lowest BCUT2D eigenvalue weighted by Crippen LogP contribution is -2.47. The van der Waals surface area contributed by atoms with E-state index in [0.717, 1.165) is 38.8 Å². The first-order valence-corrected chi connectivity index (χ1v) is 10.7. The van der Waals surface area contributed by atoms with E-state index in [9.17, 15) is 27.6 Å². The van der Waals surface area contributed by atoms with Crippen molar-refractivity contribution in [2.75, 3.05) is 26.2 Å². The van der Waals surface area contributed by atoms with E-state index in [1.165, 1.54) is 0 Å². The number of halogens is 3. The van der Waals surface area contributed by atoms with Crippen LogP contribution in [0.4, 0.5) is 13.2 Å². The Labute approximate surface area is 190 Å². The molecule has 2 aliphatic rings. The van der Waals surface area contributed by atoms with E-state index in [1.807, 2.05) is 0 Å². The normalized spacial score (nSPS) is 19.9. The van der Waals surface area contributed by atoms with Crippen molar-refractivity contribution in [1.82, 2.24) is 15.5 Å². The summed E-state index contributed by atoms with van der Waals surface area (Å²) in [7, 11) is 0. The first-order valence-electron chi connectivity index (χ1n) is 10.7. The average molecular weight is 477 g/mol. The van der Waals surface area contributed by atoms with E-state index in [1.54, 1.807) is 4.90 Å². The van der Waals surface area contributed by atoms with Crippen molar-refractivity contribution in [1.29, 1.82) is 0 Å². The minimum absolute atomic E-state index is 0.111. The van der Waals surface area contributed by atoms with Gasteiger partial charge in [-0.3, -0.25) is 14.4 Å². The Morgan fingerprint density at radius 2 is 1.76 bits per heavy atom. The Hall–Kier alpha value is -2.81. The van der Waals surface area contributed by atoms with Crippen LogP contribution in [0.2, 0.25) is 0 Å². The van der Waals surface area contributed by atoms with E-state index in [4.69, 9.17) is 21.4 Å². The van der Waals surface area contributed by atoms with Crippen LogP contribution in [0.3, 0.4) is 0 Å². The van der Waals surface area contributed by atoms with Gasteiger partial charge in [-0.2, -0.15) is 13.2 Å². The second kappa shape index (κ2) is 13.7.